The van der Waals surface area contributed by atoms with E-state index in [9.17, 15) is 117 Å². The van der Waals surface area contributed by atoms with Crippen molar-refractivity contribution in [3.05, 3.63) is 11.6 Å². The van der Waals surface area contributed by atoms with E-state index >= 15 is 4.79 Å². The Morgan fingerprint density at radius 2 is 0.992 bits per heavy atom. The van der Waals surface area contributed by atoms with E-state index in [0.29, 0.717) is 77.0 Å². The lowest BCUT2D eigenvalue weighted by atomic mass is 9.33. The minimum Gasteiger partial charge on any atom is -0.455 e. The standard InChI is InChI=1S/C85H142O39/c1-37-52(92)57(97)63(103)74(115-37)110-28-18-14-10-11-15-19-40(87)20-16-12-13-17-21-48(118-75-61(101)54(94)46(90)33-112-75)72(108)120-68-39(3)117-79(69(66(68)106)122-77-65(105)59(99)67(38(2)116-77)121-76-62(102)55(95)47(91)34-113-76)124-71(107)43-30-80(4,5)29-42-41-22-23-51-81(6)31-44(88)70(82(7,36-86)50(81)24-25-84(51,9)83(41,8)26-27-85(42,43)109)123-78-64(104)58(98)56(96)49(119-78)35-114-73-60(100)53(93)45(89)32-111-73/h22,37-40,42-70,73-79,86-106,109H,10-21,23-36H2,1-9H3. The van der Waals surface area contributed by atoms with Gasteiger partial charge in [-0.1, -0.05) is 105 Å². The van der Waals surface area contributed by atoms with E-state index in [1.807, 2.05) is 13.8 Å². The van der Waals surface area contributed by atoms with Gasteiger partial charge >= 0.3 is 11.9 Å². The molecule has 716 valence electrons. The van der Waals surface area contributed by atoms with Gasteiger partial charge < -0.3 is 183 Å². The first-order valence-corrected chi connectivity index (χ1v) is 44.7. The van der Waals surface area contributed by atoms with Crippen LogP contribution < -0.4 is 0 Å². The number of aliphatic hydroxyl groups excluding tert-OH is 21. The Morgan fingerprint density at radius 3 is 1.64 bits per heavy atom. The molecule has 45 unspecified atom stereocenters. The van der Waals surface area contributed by atoms with Crippen molar-refractivity contribution in [3.63, 3.8) is 0 Å². The van der Waals surface area contributed by atoms with Gasteiger partial charge in [0.05, 0.1) is 81.2 Å². The summed E-state index contributed by atoms with van der Waals surface area (Å²) >= 11 is 0. The molecule has 11 fully saturated rings. The second kappa shape index (κ2) is 41.0. The highest BCUT2D eigenvalue weighted by Gasteiger charge is 2.72. The number of ether oxygens (including phenoxy) is 15. The number of carbonyl (C=O) groups is 2. The Kier molecular flexibility index (Phi) is 33.2. The van der Waals surface area contributed by atoms with Crippen molar-refractivity contribution in [2.75, 3.05) is 39.6 Å². The summed E-state index contributed by atoms with van der Waals surface area (Å²) in [6.45, 7) is 14.5. The fourth-order valence-corrected chi connectivity index (χ4v) is 22.7. The van der Waals surface area contributed by atoms with Gasteiger partial charge in [-0.25, -0.2) is 4.79 Å². The van der Waals surface area contributed by atoms with Crippen molar-refractivity contribution >= 4 is 11.9 Å². The average molecular weight is 1790 g/mol. The van der Waals surface area contributed by atoms with Crippen LogP contribution in [0.4, 0.5) is 0 Å². The van der Waals surface area contributed by atoms with Gasteiger partial charge in [-0.05, 0) is 131 Å². The summed E-state index contributed by atoms with van der Waals surface area (Å²) in [5.74, 6) is -4.62. The lowest BCUT2D eigenvalue weighted by Gasteiger charge is -2.72. The lowest BCUT2D eigenvalue weighted by molar-refractivity contribution is -0.373. The zero-order valence-corrected chi connectivity index (χ0v) is 72.3. The zero-order valence-electron chi connectivity index (χ0n) is 72.3. The Morgan fingerprint density at radius 1 is 0.468 bits per heavy atom. The highest BCUT2D eigenvalue weighted by atomic mass is 16.8. The number of hydrogen-bond acceptors (Lipinski definition) is 39. The fraction of sp³-hybridized carbons (Fsp3) is 0.953. The van der Waals surface area contributed by atoms with Gasteiger partial charge in [-0.2, -0.15) is 0 Å². The lowest BCUT2D eigenvalue weighted by Crippen LogP contribution is -2.70. The molecule has 12 aliphatic rings. The SMILES string of the molecule is CC1OC(OCCCCCCCC(O)CCCCCCC(OC2OCC(O)C(O)C2O)C(=O)OC2C(C)OC(OC(=O)C3CC(C)(C)CC4C5=CCC6C7(C)CC(O)C(OC8OC(COC9OCC(O)C(O)C9O)C(O)C(O)C8O)C(C)(CO)C7CCC6(C)C5(C)CCC34O)C(OC3OC(C)C(OC4OCC(O)C(O)C4O)C(O)C3O)C2O)C(O)C(O)C1O. The summed E-state index contributed by atoms with van der Waals surface area (Å²) in [5.41, 5.74) is -4.73. The van der Waals surface area contributed by atoms with Crippen LogP contribution in [0.25, 0.3) is 0 Å². The number of hydrogen-bond donors (Lipinski definition) is 22. The van der Waals surface area contributed by atoms with E-state index in [1.54, 1.807) is 13.8 Å². The van der Waals surface area contributed by atoms with E-state index in [0.717, 1.165) is 31.3 Å². The molecule has 0 spiro atoms. The van der Waals surface area contributed by atoms with Crippen molar-refractivity contribution in [2.24, 2.45) is 50.7 Å². The number of carbonyl (C=O) groups excluding carboxylic acids is 2. The molecule has 22 N–H and O–H groups in total. The first-order valence-electron chi connectivity index (χ1n) is 44.7. The molecule has 12 rings (SSSR count). The van der Waals surface area contributed by atoms with E-state index < -0.39 is 304 Å². The van der Waals surface area contributed by atoms with E-state index in [1.165, 1.54) is 13.8 Å². The number of unbranched alkanes of at least 4 members (excludes halogenated alkanes) is 7. The van der Waals surface area contributed by atoms with Gasteiger partial charge in [0.1, 0.15) is 122 Å². The van der Waals surface area contributed by atoms with Gasteiger partial charge in [-0.3, -0.25) is 4.79 Å². The van der Waals surface area contributed by atoms with Crippen molar-refractivity contribution in [3.8, 4) is 0 Å². The smallest absolute Gasteiger partial charge is 0.335 e. The van der Waals surface area contributed by atoms with Crippen LogP contribution in [0, 0.1) is 50.7 Å². The molecule has 7 saturated heterocycles. The summed E-state index contributed by atoms with van der Waals surface area (Å²) in [6, 6.07) is 0. The first kappa shape index (κ1) is 100. The van der Waals surface area contributed by atoms with Crippen molar-refractivity contribution in [1.29, 1.82) is 0 Å². The van der Waals surface area contributed by atoms with Gasteiger partial charge in [0, 0.05) is 17.9 Å². The van der Waals surface area contributed by atoms with Gasteiger partial charge in [0.2, 0.25) is 6.29 Å². The van der Waals surface area contributed by atoms with Crippen LogP contribution in [0.1, 0.15) is 191 Å². The Balaban J connectivity index is 0.726. The molecule has 45 atom stereocenters. The minimum absolute atomic E-state index is 0.0718. The third-order valence-corrected chi connectivity index (χ3v) is 30.4. The predicted molar refractivity (Wildman–Crippen MR) is 421 cm³/mol. The van der Waals surface area contributed by atoms with E-state index in [2.05, 4.69) is 26.8 Å². The minimum atomic E-state index is -2.10. The summed E-state index contributed by atoms with van der Waals surface area (Å²) in [7, 11) is 0. The van der Waals surface area contributed by atoms with Crippen LogP contribution in [0.2, 0.25) is 0 Å². The highest BCUT2D eigenvalue weighted by molar-refractivity contribution is 5.76. The second-order valence-corrected chi connectivity index (χ2v) is 39.4. The molecule has 4 saturated carbocycles. The molecule has 5 aliphatic carbocycles. The number of esters is 2. The van der Waals surface area contributed by atoms with E-state index in [-0.39, 0.29) is 50.7 Å². The molecule has 0 aromatic carbocycles. The highest BCUT2D eigenvalue weighted by Crippen LogP contribution is 2.75. The Hall–Kier alpha value is -2.72. The zero-order chi connectivity index (χ0) is 90.5. The molecular formula is C85H142O39. The maximum Gasteiger partial charge on any atom is 0.335 e. The molecule has 7 aliphatic heterocycles. The quantitative estimate of drug-likeness (QED) is 0.0133. The maximum atomic E-state index is 15.7. The summed E-state index contributed by atoms with van der Waals surface area (Å²) in [4.78, 5) is 30.6. The van der Waals surface area contributed by atoms with Crippen LogP contribution in [-0.4, -0.2) is 391 Å². The molecule has 0 aromatic rings. The summed E-state index contributed by atoms with van der Waals surface area (Å²) in [6.07, 6.45) is -45.1. The molecular weight excluding hydrogens is 1640 g/mol. The molecule has 0 amide bonds. The first-order chi connectivity index (χ1) is 58.4. The Bertz CT molecular complexity index is 3460. The summed E-state index contributed by atoms with van der Waals surface area (Å²) in [5, 5.41) is 244. The molecule has 0 aromatic heterocycles. The predicted octanol–water partition coefficient (Wildman–Crippen LogP) is -3.70. The average Bonchev–Trinajstić information content (AvgIpc) is 0.670. The normalized spacial score (nSPS) is 49.6. The number of aliphatic hydroxyl groups is 22. The van der Waals surface area contributed by atoms with Crippen LogP contribution in [-0.2, 0) is 80.6 Å². The molecule has 124 heavy (non-hydrogen) atoms. The largest absolute Gasteiger partial charge is 0.455 e. The van der Waals surface area contributed by atoms with Crippen molar-refractivity contribution in [1.82, 2.24) is 0 Å². The monoisotopic (exact) mass is 1790 g/mol. The third kappa shape index (κ3) is 20.4. The molecule has 39 heteroatoms. The Labute approximate surface area is 721 Å². The topological polar surface area (TPSA) is 618 Å². The fourth-order valence-electron chi connectivity index (χ4n) is 22.7. The van der Waals surface area contributed by atoms with Crippen LogP contribution in [0.15, 0.2) is 11.6 Å². The van der Waals surface area contributed by atoms with E-state index in [4.69, 9.17) is 71.1 Å². The van der Waals surface area contributed by atoms with Crippen molar-refractivity contribution < 1.29 is 193 Å². The third-order valence-electron chi connectivity index (χ3n) is 30.4. The molecule has 0 bridgehead atoms. The number of allylic oxidation sites excluding steroid dienone is 1. The number of fused-ring (bicyclic) bond motifs is 7. The van der Waals surface area contributed by atoms with Crippen LogP contribution >= 0.6 is 0 Å². The number of rotatable bonds is 32. The van der Waals surface area contributed by atoms with Crippen LogP contribution in [0.5, 0.6) is 0 Å². The van der Waals surface area contributed by atoms with Crippen molar-refractivity contribution in [2.45, 2.75) is 417 Å². The second-order valence-electron chi connectivity index (χ2n) is 39.4. The van der Waals surface area contributed by atoms with Gasteiger partial charge in [0.15, 0.2) is 56.1 Å². The van der Waals surface area contributed by atoms with Crippen LogP contribution in [0.3, 0.4) is 0 Å². The molecule has 7 heterocycles. The van der Waals surface area contributed by atoms with Gasteiger partial charge in [-0.15, -0.1) is 0 Å². The summed E-state index contributed by atoms with van der Waals surface area (Å²) < 4.78 is 89.1. The molecule has 39 nitrogen and oxygen atoms in total. The van der Waals surface area contributed by atoms with Gasteiger partial charge in [0.25, 0.3) is 0 Å². The maximum absolute atomic E-state index is 15.7. The molecule has 0 radical (unpaired) electrons.